The molecule has 5 nitrogen and oxygen atoms in total. The Morgan fingerprint density at radius 1 is 1.40 bits per heavy atom. The number of nitrogens with two attached hydrogens (primary N) is 1. The van der Waals surface area contributed by atoms with Gasteiger partial charge in [-0.05, 0) is 17.0 Å². The third-order valence-corrected chi connectivity index (χ3v) is 4.38. The lowest BCUT2D eigenvalue weighted by atomic mass is 9.86. The molecule has 112 valence electrons. The van der Waals surface area contributed by atoms with Crippen molar-refractivity contribution >= 4 is 10.0 Å². The zero-order valence-corrected chi connectivity index (χ0v) is 12.9. The van der Waals surface area contributed by atoms with Crippen molar-refractivity contribution < 1.29 is 13.5 Å². The van der Waals surface area contributed by atoms with Crippen LogP contribution in [0.2, 0.25) is 0 Å². The van der Waals surface area contributed by atoms with E-state index in [4.69, 9.17) is 5.73 Å². The maximum Gasteiger partial charge on any atom is 0.244 e. The quantitative estimate of drug-likeness (QED) is 0.720. The van der Waals surface area contributed by atoms with Crippen molar-refractivity contribution in [2.75, 3.05) is 6.54 Å². The van der Waals surface area contributed by atoms with Gasteiger partial charge in [0.25, 0.3) is 0 Å². The lowest BCUT2D eigenvalue weighted by molar-refractivity contribution is 0.449. The van der Waals surface area contributed by atoms with E-state index >= 15 is 0 Å². The Bertz CT molecular complexity index is 602. The molecule has 0 atom stereocenters. The fourth-order valence-electron chi connectivity index (χ4n) is 1.71. The van der Waals surface area contributed by atoms with Gasteiger partial charge in [0.05, 0.1) is 0 Å². The van der Waals surface area contributed by atoms with E-state index in [1.807, 2.05) is 20.8 Å². The van der Waals surface area contributed by atoms with Gasteiger partial charge in [-0.3, -0.25) is 0 Å². The molecule has 20 heavy (non-hydrogen) atoms. The molecule has 0 saturated carbocycles. The molecule has 0 aliphatic carbocycles. The van der Waals surface area contributed by atoms with Crippen LogP contribution in [0.4, 0.5) is 0 Å². The minimum Gasteiger partial charge on any atom is -0.506 e. The van der Waals surface area contributed by atoms with Crippen LogP contribution in [0, 0.1) is 0 Å². The lowest BCUT2D eigenvalue weighted by Crippen LogP contribution is -2.25. The summed E-state index contributed by atoms with van der Waals surface area (Å²) in [6.07, 6.45) is 1.44. The third kappa shape index (κ3) is 3.59. The van der Waals surface area contributed by atoms with Crippen LogP contribution in [-0.4, -0.2) is 20.1 Å². The molecule has 1 aromatic carbocycles. The van der Waals surface area contributed by atoms with E-state index in [0.717, 1.165) is 5.56 Å². The average Bonchev–Trinajstić information content (AvgIpc) is 2.35. The van der Waals surface area contributed by atoms with Crippen LogP contribution in [0.25, 0.3) is 0 Å². The fraction of sp³-hybridized carbons (Fsp3) is 0.429. The fourth-order valence-corrected chi connectivity index (χ4v) is 2.87. The zero-order valence-electron chi connectivity index (χ0n) is 12.1. The van der Waals surface area contributed by atoms with Crippen molar-refractivity contribution in [1.29, 1.82) is 0 Å². The molecule has 0 bridgehead atoms. The number of phenolic OH excluding ortho intramolecular Hbond substituents is 1. The molecular weight excluding hydrogens is 276 g/mol. The SMILES string of the molecule is C=CCNS(=O)(=O)c1cc(C(C)(C)C)cc(CN)c1O. The van der Waals surface area contributed by atoms with Crippen LogP contribution < -0.4 is 10.5 Å². The summed E-state index contributed by atoms with van der Waals surface area (Å²) in [6.45, 7) is 9.52. The van der Waals surface area contributed by atoms with E-state index < -0.39 is 10.0 Å². The van der Waals surface area contributed by atoms with Gasteiger partial charge in [0.15, 0.2) is 0 Å². The second-order valence-electron chi connectivity index (χ2n) is 5.58. The summed E-state index contributed by atoms with van der Waals surface area (Å²) in [7, 11) is -3.80. The smallest absolute Gasteiger partial charge is 0.244 e. The average molecular weight is 298 g/mol. The maximum atomic E-state index is 12.2. The molecule has 0 amide bonds. The third-order valence-electron chi connectivity index (χ3n) is 2.95. The Kier molecular flexibility index (Phi) is 4.96. The molecule has 6 heteroatoms. The molecule has 1 rings (SSSR count). The van der Waals surface area contributed by atoms with Crippen LogP contribution in [-0.2, 0) is 22.0 Å². The summed E-state index contributed by atoms with van der Waals surface area (Å²) >= 11 is 0. The topological polar surface area (TPSA) is 92.4 Å². The molecule has 0 aromatic heterocycles. The largest absolute Gasteiger partial charge is 0.506 e. The first-order valence-electron chi connectivity index (χ1n) is 6.30. The minimum absolute atomic E-state index is 0.0692. The second-order valence-corrected chi connectivity index (χ2v) is 7.31. The van der Waals surface area contributed by atoms with Gasteiger partial charge in [-0.25, -0.2) is 13.1 Å². The van der Waals surface area contributed by atoms with Gasteiger partial charge in [0.1, 0.15) is 10.6 Å². The molecule has 0 aliphatic heterocycles. The summed E-state index contributed by atoms with van der Waals surface area (Å²) < 4.78 is 26.7. The van der Waals surface area contributed by atoms with E-state index in [1.165, 1.54) is 12.1 Å². The predicted molar refractivity (Wildman–Crippen MR) is 80.1 cm³/mol. The van der Waals surface area contributed by atoms with Gasteiger partial charge < -0.3 is 10.8 Å². The summed E-state index contributed by atoms with van der Waals surface area (Å²) in [5.74, 6) is -0.294. The summed E-state index contributed by atoms with van der Waals surface area (Å²) in [5.41, 5.74) is 6.55. The van der Waals surface area contributed by atoms with E-state index in [9.17, 15) is 13.5 Å². The number of nitrogens with one attached hydrogen (secondary N) is 1. The van der Waals surface area contributed by atoms with Crippen molar-refractivity contribution in [1.82, 2.24) is 4.72 Å². The van der Waals surface area contributed by atoms with Crippen molar-refractivity contribution in [3.63, 3.8) is 0 Å². The predicted octanol–water partition coefficient (Wildman–Crippen LogP) is 1.61. The minimum atomic E-state index is -3.80. The number of rotatable bonds is 5. The molecule has 0 saturated heterocycles. The van der Waals surface area contributed by atoms with Gasteiger partial charge in [-0.2, -0.15) is 0 Å². The standard InChI is InChI=1S/C14H22N2O3S/c1-5-6-16-20(18,19)12-8-11(14(2,3)4)7-10(9-15)13(12)17/h5,7-8,16-17H,1,6,9,15H2,2-4H3. The number of aromatic hydroxyl groups is 1. The van der Waals surface area contributed by atoms with Crippen molar-refractivity contribution in [3.05, 3.63) is 35.9 Å². The Balaban J connectivity index is 3.49. The van der Waals surface area contributed by atoms with Crippen molar-refractivity contribution in [2.45, 2.75) is 37.6 Å². The van der Waals surface area contributed by atoms with Crippen LogP contribution in [0.5, 0.6) is 5.75 Å². The number of hydrogen-bond acceptors (Lipinski definition) is 4. The van der Waals surface area contributed by atoms with Crippen LogP contribution in [0.15, 0.2) is 29.7 Å². The van der Waals surface area contributed by atoms with E-state index in [-0.39, 0.29) is 29.1 Å². The molecule has 4 N–H and O–H groups in total. The summed E-state index contributed by atoms with van der Waals surface area (Å²) in [5, 5.41) is 10.1. The van der Waals surface area contributed by atoms with Gasteiger partial charge in [-0.15, -0.1) is 6.58 Å². The van der Waals surface area contributed by atoms with Gasteiger partial charge in [0.2, 0.25) is 10.0 Å². The highest BCUT2D eigenvalue weighted by molar-refractivity contribution is 7.89. The van der Waals surface area contributed by atoms with Gasteiger partial charge in [-0.1, -0.05) is 32.9 Å². The summed E-state index contributed by atoms with van der Waals surface area (Å²) in [4.78, 5) is -0.146. The molecule has 0 unspecified atom stereocenters. The summed E-state index contributed by atoms with van der Waals surface area (Å²) in [6, 6.07) is 3.22. The van der Waals surface area contributed by atoms with Crippen LogP contribution in [0.1, 0.15) is 31.9 Å². The molecular formula is C14H22N2O3S. The first-order valence-corrected chi connectivity index (χ1v) is 7.78. The van der Waals surface area contributed by atoms with Gasteiger partial charge in [0, 0.05) is 18.7 Å². The van der Waals surface area contributed by atoms with E-state index in [2.05, 4.69) is 11.3 Å². The zero-order chi connectivity index (χ0) is 15.6. The number of hydrogen-bond donors (Lipinski definition) is 3. The Hall–Kier alpha value is -1.37. The van der Waals surface area contributed by atoms with Gasteiger partial charge >= 0.3 is 0 Å². The number of benzene rings is 1. The number of phenols is 1. The highest BCUT2D eigenvalue weighted by Gasteiger charge is 2.24. The monoisotopic (exact) mass is 298 g/mol. The molecule has 0 fully saturated rings. The normalized spacial score (nSPS) is 12.4. The molecule has 0 spiro atoms. The van der Waals surface area contributed by atoms with E-state index in [0.29, 0.717) is 5.56 Å². The molecule has 0 heterocycles. The maximum absolute atomic E-state index is 12.2. The molecule has 0 radical (unpaired) electrons. The first kappa shape index (κ1) is 16.7. The molecule has 0 aliphatic rings. The Morgan fingerprint density at radius 2 is 2.00 bits per heavy atom. The first-order chi connectivity index (χ1) is 9.13. The molecule has 1 aromatic rings. The van der Waals surface area contributed by atoms with Crippen molar-refractivity contribution in [3.8, 4) is 5.75 Å². The highest BCUT2D eigenvalue weighted by Crippen LogP contribution is 2.33. The second kappa shape index (κ2) is 5.95. The van der Waals surface area contributed by atoms with E-state index in [1.54, 1.807) is 6.07 Å². The lowest BCUT2D eigenvalue weighted by Gasteiger charge is -2.22. The number of sulfonamides is 1. The van der Waals surface area contributed by atoms with Crippen molar-refractivity contribution in [2.24, 2.45) is 5.73 Å². The van der Waals surface area contributed by atoms with Crippen LogP contribution >= 0.6 is 0 Å². The highest BCUT2D eigenvalue weighted by atomic mass is 32.2. The Labute approximate surface area is 120 Å². The Morgan fingerprint density at radius 3 is 2.45 bits per heavy atom. The van der Waals surface area contributed by atoms with Crippen LogP contribution in [0.3, 0.4) is 0 Å².